The second kappa shape index (κ2) is 6.55. The number of rotatable bonds is 5. The molecular weight excluding hydrogens is 222 g/mol. The van der Waals surface area contributed by atoms with Gasteiger partial charge in [-0.25, -0.2) is 0 Å². The van der Waals surface area contributed by atoms with Gasteiger partial charge in [-0.3, -0.25) is 4.79 Å². The molecule has 88 valence electrons. The van der Waals surface area contributed by atoms with E-state index < -0.39 is 0 Å². The molecule has 0 aliphatic rings. The Balaban J connectivity index is 2.58. The normalized spacial score (nSPS) is 12.2. The molecule has 2 N–H and O–H groups in total. The minimum atomic E-state index is -0.282. The first-order valence-electron chi connectivity index (χ1n) is 5.22. The molecule has 4 heteroatoms. The predicted molar refractivity (Wildman–Crippen MR) is 66.4 cm³/mol. The van der Waals surface area contributed by atoms with E-state index in [9.17, 15) is 4.79 Å². The summed E-state index contributed by atoms with van der Waals surface area (Å²) in [5, 5.41) is 0. The number of nitrogens with two attached hydrogens (primary N) is 1. The van der Waals surface area contributed by atoms with Gasteiger partial charge in [-0.1, -0.05) is 12.1 Å². The van der Waals surface area contributed by atoms with E-state index in [0.29, 0.717) is 6.61 Å². The van der Waals surface area contributed by atoms with Crippen molar-refractivity contribution < 1.29 is 9.53 Å². The molecule has 0 saturated carbocycles. The number of carbonyl (C=O) groups is 1. The Hall–Kier alpha value is -1.00. The zero-order valence-corrected chi connectivity index (χ0v) is 10.4. The van der Waals surface area contributed by atoms with Crippen molar-refractivity contribution in [1.82, 2.24) is 0 Å². The lowest BCUT2D eigenvalue weighted by Gasteiger charge is -2.11. The fourth-order valence-corrected chi connectivity index (χ4v) is 1.78. The Morgan fingerprint density at radius 2 is 2.06 bits per heavy atom. The molecule has 0 heterocycles. The van der Waals surface area contributed by atoms with Crippen LogP contribution in [0.2, 0.25) is 0 Å². The maximum Gasteiger partial charge on any atom is 0.307 e. The minimum absolute atomic E-state index is 0.229. The minimum Gasteiger partial charge on any atom is -0.466 e. The van der Waals surface area contributed by atoms with Crippen molar-refractivity contribution in [3.8, 4) is 0 Å². The molecule has 0 fully saturated rings. The van der Waals surface area contributed by atoms with Gasteiger partial charge in [-0.15, -0.1) is 11.8 Å². The Labute approximate surface area is 100 Å². The Bertz CT molecular complexity index is 337. The summed E-state index contributed by atoms with van der Waals surface area (Å²) in [6, 6.07) is 7.64. The molecule has 0 aliphatic carbocycles. The van der Waals surface area contributed by atoms with Crippen LogP contribution in [0.15, 0.2) is 29.2 Å². The average Bonchev–Trinajstić information content (AvgIpc) is 2.29. The SMILES string of the molecule is CCOC(=O)C[C@H](N)c1ccc(SC)cc1. The van der Waals surface area contributed by atoms with Crippen LogP contribution in [-0.4, -0.2) is 18.8 Å². The van der Waals surface area contributed by atoms with Gasteiger partial charge in [0.15, 0.2) is 0 Å². The summed E-state index contributed by atoms with van der Waals surface area (Å²) in [4.78, 5) is 12.4. The van der Waals surface area contributed by atoms with E-state index in [0.717, 1.165) is 5.56 Å². The van der Waals surface area contributed by atoms with Gasteiger partial charge in [0.25, 0.3) is 0 Å². The highest BCUT2D eigenvalue weighted by Crippen LogP contribution is 2.19. The van der Waals surface area contributed by atoms with E-state index in [1.54, 1.807) is 18.7 Å². The van der Waals surface area contributed by atoms with Crippen LogP contribution in [0, 0.1) is 0 Å². The molecule has 1 atom stereocenters. The van der Waals surface area contributed by atoms with Gasteiger partial charge < -0.3 is 10.5 Å². The molecule has 0 aromatic heterocycles. The third-order valence-corrected chi connectivity index (χ3v) is 2.98. The predicted octanol–water partition coefficient (Wildman–Crippen LogP) is 2.36. The summed E-state index contributed by atoms with van der Waals surface area (Å²) in [5.41, 5.74) is 6.87. The maximum atomic E-state index is 11.2. The van der Waals surface area contributed by atoms with E-state index in [-0.39, 0.29) is 18.4 Å². The molecule has 0 amide bonds. The molecule has 3 nitrogen and oxygen atoms in total. The van der Waals surface area contributed by atoms with Gasteiger partial charge in [-0.2, -0.15) is 0 Å². The van der Waals surface area contributed by atoms with Crippen molar-refractivity contribution in [2.75, 3.05) is 12.9 Å². The number of ether oxygens (including phenoxy) is 1. The highest BCUT2D eigenvalue weighted by Gasteiger charge is 2.12. The van der Waals surface area contributed by atoms with Gasteiger partial charge in [0.2, 0.25) is 0 Å². The van der Waals surface area contributed by atoms with Crippen molar-refractivity contribution in [3.63, 3.8) is 0 Å². The molecule has 1 rings (SSSR count). The fraction of sp³-hybridized carbons (Fsp3) is 0.417. The van der Waals surface area contributed by atoms with Gasteiger partial charge in [0, 0.05) is 10.9 Å². The summed E-state index contributed by atoms with van der Waals surface area (Å²) in [5.74, 6) is -0.246. The topological polar surface area (TPSA) is 52.3 Å². The monoisotopic (exact) mass is 239 g/mol. The smallest absolute Gasteiger partial charge is 0.307 e. The van der Waals surface area contributed by atoms with Crippen LogP contribution in [0.1, 0.15) is 24.9 Å². The lowest BCUT2D eigenvalue weighted by atomic mass is 10.1. The summed E-state index contributed by atoms with van der Waals surface area (Å²) in [6.45, 7) is 2.19. The Morgan fingerprint density at radius 1 is 1.44 bits per heavy atom. The summed E-state index contributed by atoms with van der Waals surface area (Å²) in [6.07, 6.45) is 2.25. The Kier molecular flexibility index (Phi) is 5.35. The molecule has 0 spiro atoms. The van der Waals surface area contributed by atoms with Crippen molar-refractivity contribution in [1.29, 1.82) is 0 Å². The van der Waals surface area contributed by atoms with Gasteiger partial charge in [0.05, 0.1) is 13.0 Å². The summed E-state index contributed by atoms with van der Waals surface area (Å²) in [7, 11) is 0. The molecule has 0 bridgehead atoms. The lowest BCUT2D eigenvalue weighted by Crippen LogP contribution is -2.17. The maximum absolute atomic E-state index is 11.2. The molecule has 0 aliphatic heterocycles. The number of hydrogen-bond acceptors (Lipinski definition) is 4. The number of carbonyl (C=O) groups excluding carboxylic acids is 1. The van der Waals surface area contributed by atoms with Crippen molar-refractivity contribution >= 4 is 17.7 Å². The molecular formula is C12H17NO2S. The summed E-state index contributed by atoms with van der Waals surface area (Å²) < 4.78 is 4.86. The third kappa shape index (κ3) is 3.87. The van der Waals surface area contributed by atoms with Crippen LogP contribution in [0.5, 0.6) is 0 Å². The number of esters is 1. The Morgan fingerprint density at radius 3 is 2.56 bits per heavy atom. The van der Waals surface area contributed by atoms with E-state index >= 15 is 0 Å². The zero-order chi connectivity index (χ0) is 12.0. The van der Waals surface area contributed by atoms with E-state index in [1.165, 1.54) is 4.90 Å². The van der Waals surface area contributed by atoms with Crippen molar-refractivity contribution in [2.24, 2.45) is 5.73 Å². The average molecular weight is 239 g/mol. The highest BCUT2D eigenvalue weighted by molar-refractivity contribution is 7.98. The third-order valence-electron chi connectivity index (χ3n) is 2.24. The first-order chi connectivity index (χ1) is 7.67. The molecule has 16 heavy (non-hydrogen) atoms. The van der Waals surface area contributed by atoms with Crippen LogP contribution in [0.3, 0.4) is 0 Å². The van der Waals surface area contributed by atoms with Crippen LogP contribution in [0.4, 0.5) is 0 Å². The molecule has 1 aromatic rings. The second-order valence-corrected chi connectivity index (χ2v) is 4.27. The standard InChI is InChI=1S/C12H17NO2S/c1-3-15-12(14)8-11(13)9-4-6-10(16-2)7-5-9/h4-7,11H,3,8,13H2,1-2H3/t11-/m0/s1. The quantitative estimate of drug-likeness (QED) is 0.633. The summed E-state index contributed by atoms with van der Waals surface area (Å²) >= 11 is 1.68. The molecule has 0 saturated heterocycles. The van der Waals surface area contributed by atoms with Crippen LogP contribution >= 0.6 is 11.8 Å². The zero-order valence-electron chi connectivity index (χ0n) is 9.60. The van der Waals surface area contributed by atoms with Crippen molar-refractivity contribution in [2.45, 2.75) is 24.3 Å². The highest BCUT2D eigenvalue weighted by atomic mass is 32.2. The van der Waals surface area contributed by atoms with Crippen molar-refractivity contribution in [3.05, 3.63) is 29.8 Å². The lowest BCUT2D eigenvalue weighted by molar-refractivity contribution is -0.143. The van der Waals surface area contributed by atoms with Crippen LogP contribution in [-0.2, 0) is 9.53 Å². The van der Waals surface area contributed by atoms with E-state index in [4.69, 9.17) is 10.5 Å². The van der Waals surface area contributed by atoms with Crippen LogP contribution in [0.25, 0.3) is 0 Å². The van der Waals surface area contributed by atoms with Gasteiger partial charge in [0.1, 0.15) is 0 Å². The largest absolute Gasteiger partial charge is 0.466 e. The first kappa shape index (κ1) is 13.1. The molecule has 0 radical (unpaired) electrons. The van der Waals surface area contributed by atoms with Gasteiger partial charge in [-0.05, 0) is 30.9 Å². The van der Waals surface area contributed by atoms with E-state index in [2.05, 4.69) is 0 Å². The molecule has 1 aromatic carbocycles. The van der Waals surface area contributed by atoms with Crippen LogP contribution < -0.4 is 5.73 Å². The fourth-order valence-electron chi connectivity index (χ4n) is 1.37. The number of benzene rings is 1. The van der Waals surface area contributed by atoms with Gasteiger partial charge >= 0.3 is 5.97 Å². The second-order valence-electron chi connectivity index (χ2n) is 3.39. The van der Waals surface area contributed by atoms with E-state index in [1.807, 2.05) is 30.5 Å². The number of thioether (sulfide) groups is 1. The first-order valence-corrected chi connectivity index (χ1v) is 6.45. The number of hydrogen-bond donors (Lipinski definition) is 1. The molecule has 0 unspecified atom stereocenters.